The van der Waals surface area contributed by atoms with Gasteiger partial charge in [-0.1, -0.05) is 39.2 Å². The molecule has 0 aliphatic rings. The SMILES string of the molecule is CCCC[C@H](CC)Cn1c(=N)c(C#N)cc2c(=O)n3ccccc3nc21. The predicted octanol–water partition coefficient (Wildman–Crippen LogP) is 3.22. The molecule has 3 heterocycles. The lowest BCUT2D eigenvalue weighted by Gasteiger charge is -2.19. The summed E-state index contributed by atoms with van der Waals surface area (Å²) in [6, 6.07) is 8.94. The highest BCUT2D eigenvalue weighted by molar-refractivity contribution is 5.77. The average Bonchev–Trinajstić information content (AvgIpc) is 2.67. The number of hydrogen-bond acceptors (Lipinski definition) is 4. The number of aromatic nitrogens is 3. The third kappa shape index (κ3) is 3.13. The second kappa shape index (κ2) is 7.52. The Morgan fingerprint density at radius 1 is 1.35 bits per heavy atom. The summed E-state index contributed by atoms with van der Waals surface area (Å²) in [5.41, 5.74) is 1.15. The van der Waals surface area contributed by atoms with Crippen LogP contribution in [0.2, 0.25) is 0 Å². The Morgan fingerprint density at radius 2 is 2.15 bits per heavy atom. The molecule has 0 aliphatic heterocycles. The van der Waals surface area contributed by atoms with E-state index in [1.54, 1.807) is 22.9 Å². The molecule has 1 N–H and O–H groups in total. The minimum absolute atomic E-state index is 0.127. The van der Waals surface area contributed by atoms with Crippen molar-refractivity contribution in [2.75, 3.05) is 0 Å². The summed E-state index contributed by atoms with van der Waals surface area (Å²) in [5, 5.41) is 18.3. The molecule has 134 valence electrons. The zero-order chi connectivity index (χ0) is 18.7. The van der Waals surface area contributed by atoms with Crippen LogP contribution in [-0.4, -0.2) is 14.0 Å². The number of unbranched alkanes of at least 4 members (excludes halogenated alkanes) is 1. The molecule has 3 aromatic rings. The predicted molar refractivity (Wildman–Crippen MR) is 101 cm³/mol. The Kier molecular flexibility index (Phi) is 5.17. The fourth-order valence-electron chi connectivity index (χ4n) is 3.33. The first kappa shape index (κ1) is 17.9. The van der Waals surface area contributed by atoms with Gasteiger partial charge in [-0.2, -0.15) is 5.26 Å². The molecule has 0 radical (unpaired) electrons. The van der Waals surface area contributed by atoms with Gasteiger partial charge in [0.25, 0.3) is 5.56 Å². The Hall–Kier alpha value is -2.94. The second-order valence-corrected chi connectivity index (χ2v) is 6.63. The van der Waals surface area contributed by atoms with Crippen LogP contribution in [0.4, 0.5) is 0 Å². The molecule has 0 aromatic carbocycles. The van der Waals surface area contributed by atoms with E-state index < -0.39 is 0 Å². The number of nitriles is 1. The molecular weight excluding hydrogens is 326 g/mol. The normalized spacial score (nSPS) is 12.3. The molecule has 1 atom stereocenters. The van der Waals surface area contributed by atoms with Crippen LogP contribution in [0.5, 0.6) is 0 Å². The van der Waals surface area contributed by atoms with Crippen LogP contribution < -0.4 is 11.0 Å². The number of pyridine rings is 2. The molecule has 0 aliphatic carbocycles. The quantitative estimate of drug-likeness (QED) is 0.693. The van der Waals surface area contributed by atoms with Crippen molar-refractivity contribution in [1.29, 1.82) is 10.7 Å². The summed E-state index contributed by atoms with van der Waals surface area (Å²) >= 11 is 0. The summed E-state index contributed by atoms with van der Waals surface area (Å²) in [6.07, 6.45) is 5.96. The van der Waals surface area contributed by atoms with E-state index in [9.17, 15) is 10.1 Å². The van der Waals surface area contributed by atoms with E-state index in [4.69, 9.17) is 5.41 Å². The minimum atomic E-state index is -0.211. The Balaban J connectivity index is 2.29. The van der Waals surface area contributed by atoms with Crippen LogP contribution in [0.15, 0.2) is 35.3 Å². The van der Waals surface area contributed by atoms with E-state index in [0.717, 1.165) is 25.7 Å². The molecule has 6 nitrogen and oxygen atoms in total. The third-order valence-corrected chi connectivity index (χ3v) is 4.92. The fourth-order valence-corrected chi connectivity index (χ4v) is 3.33. The third-order valence-electron chi connectivity index (χ3n) is 4.92. The van der Waals surface area contributed by atoms with Gasteiger partial charge in [0.2, 0.25) is 0 Å². The summed E-state index contributed by atoms with van der Waals surface area (Å²) in [7, 11) is 0. The highest BCUT2D eigenvalue weighted by atomic mass is 16.1. The van der Waals surface area contributed by atoms with Crippen molar-refractivity contribution in [3.8, 4) is 6.07 Å². The van der Waals surface area contributed by atoms with Crippen LogP contribution in [0.25, 0.3) is 16.7 Å². The molecule has 0 saturated carbocycles. The highest BCUT2D eigenvalue weighted by Crippen LogP contribution is 2.17. The maximum atomic E-state index is 12.9. The van der Waals surface area contributed by atoms with Gasteiger partial charge in [0.15, 0.2) is 0 Å². The zero-order valence-corrected chi connectivity index (χ0v) is 15.2. The topological polar surface area (TPSA) is 86.9 Å². The van der Waals surface area contributed by atoms with Crippen LogP contribution >= 0.6 is 0 Å². The molecule has 6 heteroatoms. The van der Waals surface area contributed by atoms with Gasteiger partial charge in [-0.25, -0.2) is 4.98 Å². The van der Waals surface area contributed by atoms with Crippen molar-refractivity contribution >= 4 is 16.7 Å². The van der Waals surface area contributed by atoms with E-state index in [0.29, 0.717) is 29.1 Å². The largest absolute Gasteiger partial charge is 0.309 e. The minimum Gasteiger partial charge on any atom is -0.309 e. The van der Waals surface area contributed by atoms with Crippen molar-refractivity contribution in [2.45, 2.75) is 46.1 Å². The van der Waals surface area contributed by atoms with E-state index >= 15 is 0 Å². The number of fused-ring (bicyclic) bond motifs is 2. The molecule has 0 unspecified atom stereocenters. The summed E-state index contributed by atoms with van der Waals surface area (Å²) in [6.45, 7) is 4.89. The van der Waals surface area contributed by atoms with Gasteiger partial charge >= 0.3 is 0 Å². The van der Waals surface area contributed by atoms with Crippen LogP contribution in [-0.2, 0) is 6.54 Å². The summed E-state index contributed by atoms with van der Waals surface area (Å²) in [4.78, 5) is 17.5. The Bertz CT molecular complexity index is 1100. The Morgan fingerprint density at radius 3 is 2.85 bits per heavy atom. The lowest BCUT2D eigenvalue weighted by atomic mass is 9.99. The maximum absolute atomic E-state index is 12.9. The number of rotatable bonds is 6. The monoisotopic (exact) mass is 349 g/mol. The van der Waals surface area contributed by atoms with Crippen molar-refractivity contribution in [3.63, 3.8) is 0 Å². The lowest BCUT2D eigenvalue weighted by molar-refractivity contribution is 0.387. The van der Waals surface area contributed by atoms with Gasteiger partial charge in [-0.15, -0.1) is 0 Å². The van der Waals surface area contributed by atoms with E-state index in [-0.39, 0.29) is 16.6 Å². The van der Waals surface area contributed by atoms with Crippen molar-refractivity contribution in [3.05, 3.63) is 51.9 Å². The fraction of sp³-hybridized carbons (Fsp3) is 0.400. The first-order valence-corrected chi connectivity index (χ1v) is 9.10. The van der Waals surface area contributed by atoms with Gasteiger partial charge in [0.1, 0.15) is 22.9 Å². The first-order chi connectivity index (χ1) is 12.6. The van der Waals surface area contributed by atoms with E-state index in [1.807, 2.05) is 6.07 Å². The van der Waals surface area contributed by atoms with Gasteiger partial charge in [-0.05, 0) is 30.5 Å². The summed E-state index contributed by atoms with van der Waals surface area (Å²) < 4.78 is 3.22. The molecule has 26 heavy (non-hydrogen) atoms. The lowest BCUT2D eigenvalue weighted by Crippen LogP contribution is -2.29. The Labute approximate surface area is 151 Å². The molecule has 3 aromatic heterocycles. The smallest absolute Gasteiger partial charge is 0.267 e. The molecule has 3 rings (SSSR count). The summed E-state index contributed by atoms with van der Waals surface area (Å²) in [5.74, 6) is 0.386. The average molecular weight is 349 g/mol. The molecular formula is C20H23N5O. The van der Waals surface area contributed by atoms with Gasteiger partial charge < -0.3 is 4.57 Å². The first-order valence-electron chi connectivity index (χ1n) is 9.10. The van der Waals surface area contributed by atoms with Gasteiger partial charge in [0.05, 0.1) is 10.9 Å². The molecule has 0 amide bonds. The van der Waals surface area contributed by atoms with Crippen LogP contribution in [0.1, 0.15) is 45.1 Å². The van der Waals surface area contributed by atoms with E-state index in [1.165, 1.54) is 10.5 Å². The number of hydrogen-bond donors (Lipinski definition) is 1. The van der Waals surface area contributed by atoms with Crippen LogP contribution in [0.3, 0.4) is 0 Å². The number of nitrogens with zero attached hydrogens (tertiary/aromatic N) is 4. The molecule has 0 bridgehead atoms. The standard InChI is InChI=1S/C20H23N5O/c1-3-5-8-14(4-2)13-25-18(22)15(12-21)11-16-19(25)23-17-9-6-7-10-24(17)20(16)26/h6-7,9-11,14,22H,3-5,8,13H2,1-2H3/t14-/m0/s1. The highest BCUT2D eigenvalue weighted by Gasteiger charge is 2.16. The molecule has 0 spiro atoms. The van der Waals surface area contributed by atoms with Gasteiger partial charge in [-0.3, -0.25) is 14.6 Å². The van der Waals surface area contributed by atoms with Crippen molar-refractivity contribution in [2.24, 2.45) is 5.92 Å². The molecule has 0 fully saturated rings. The van der Waals surface area contributed by atoms with Crippen molar-refractivity contribution < 1.29 is 0 Å². The van der Waals surface area contributed by atoms with Gasteiger partial charge in [0, 0.05) is 12.7 Å². The zero-order valence-electron chi connectivity index (χ0n) is 15.2. The second-order valence-electron chi connectivity index (χ2n) is 6.63. The van der Waals surface area contributed by atoms with Crippen molar-refractivity contribution in [1.82, 2.24) is 14.0 Å². The van der Waals surface area contributed by atoms with Crippen LogP contribution in [0, 0.1) is 22.7 Å². The number of nitrogens with one attached hydrogen (secondary N) is 1. The maximum Gasteiger partial charge on any atom is 0.267 e. The molecule has 0 saturated heterocycles. The van der Waals surface area contributed by atoms with E-state index in [2.05, 4.69) is 24.9 Å².